The Morgan fingerprint density at radius 1 is 1.25 bits per heavy atom. The van der Waals surface area contributed by atoms with Crippen LogP contribution in [0.15, 0.2) is 24.3 Å². The van der Waals surface area contributed by atoms with E-state index >= 15 is 0 Å². The van der Waals surface area contributed by atoms with E-state index in [1.807, 2.05) is 19.1 Å². The van der Waals surface area contributed by atoms with Crippen LogP contribution >= 0.6 is 0 Å². The van der Waals surface area contributed by atoms with Crippen LogP contribution in [0, 0.1) is 13.8 Å². The molecule has 20 heavy (non-hydrogen) atoms. The molecule has 1 aromatic carbocycles. The van der Waals surface area contributed by atoms with Crippen molar-refractivity contribution in [2.75, 3.05) is 5.32 Å². The molecule has 2 aromatic rings. The number of hydrogen-bond donors (Lipinski definition) is 2. The normalized spacial score (nSPS) is 10.3. The molecule has 0 unspecified atom stereocenters. The number of benzene rings is 1. The summed E-state index contributed by atoms with van der Waals surface area (Å²) in [6.07, 6.45) is 0. The Bertz CT molecular complexity index is 689. The number of anilines is 1. The first-order valence-electron chi connectivity index (χ1n) is 6.05. The van der Waals surface area contributed by atoms with Crippen LogP contribution in [-0.2, 0) is 7.05 Å². The molecule has 0 radical (unpaired) electrons. The van der Waals surface area contributed by atoms with Gasteiger partial charge in [-0.1, -0.05) is 18.2 Å². The van der Waals surface area contributed by atoms with Gasteiger partial charge in [0.05, 0.1) is 5.69 Å². The first-order chi connectivity index (χ1) is 9.41. The van der Waals surface area contributed by atoms with Crippen molar-refractivity contribution in [1.82, 2.24) is 9.78 Å². The first kappa shape index (κ1) is 13.8. The number of carbonyl (C=O) groups excluding carboxylic acids is 1. The smallest absolute Gasteiger partial charge is 0.341 e. The second-order valence-corrected chi connectivity index (χ2v) is 4.51. The summed E-state index contributed by atoms with van der Waals surface area (Å²) in [6.45, 7) is 3.41. The van der Waals surface area contributed by atoms with Crippen molar-refractivity contribution in [1.29, 1.82) is 0 Å². The molecule has 0 saturated heterocycles. The summed E-state index contributed by atoms with van der Waals surface area (Å²) >= 11 is 0. The Kier molecular flexibility index (Phi) is 3.56. The standard InChI is InChI=1S/C14H15N3O3/c1-8-6-4-5-7-10(8)13(18)15-12-11(14(19)20)9(2)16-17(12)3/h4-7H,1-3H3,(H,15,18)(H,19,20). The highest BCUT2D eigenvalue weighted by Gasteiger charge is 2.22. The van der Waals surface area contributed by atoms with Gasteiger partial charge in [-0.05, 0) is 25.5 Å². The van der Waals surface area contributed by atoms with E-state index in [0.29, 0.717) is 11.3 Å². The quantitative estimate of drug-likeness (QED) is 0.895. The maximum Gasteiger partial charge on any atom is 0.341 e. The molecule has 0 bridgehead atoms. The lowest BCUT2D eigenvalue weighted by molar-refractivity contribution is 0.0697. The predicted octanol–water partition coefficient (Wildman–Crippen LogP) is 1.99. The van der Waals surface area contributed by atoms with Crippen molar-refractivity contribution < 1.29 is 14.7 Å². The number of hydrogen-bond acceptors (Lipinski definition) is 3. The average molecular weight is 273 g/mol. The van der Waals surface area contributed by atoms with Gasteiger partial charge in [0.15, 0.2) is 0 Å². The topological polar surface area (TPSA) is 84.2 Å². The number of carboxylic acids is 1. The minimum absolute atomic E-state index is 0.00874. The number of carbonyl (C=O) groups is 2. The molecule has 1 aromatic heterocycles. The number of aromatic carboxylic acids is 1. The van der Waals surface area contributed by atoms with Gasteiger partial charge in [0.2, 0.25) is 0 Å². The zero-order chi connectivity index (χ0) is 14.9. The molecular formula is C14H15N3O3. The maximum atomic E-state index is 12.2. The fourth-order valence-corrected chi connectivity index (χ4v) is 2.06. The molecule has 0 atom stereocenters. The second-order valence-electron chi connectivity index (χ2n) is 4.51. The van der Waals surface area contributed by atoms with Crippen molar-refractivity contribution in [2.45, 2.75) is 13.8 Å². The third-order valence-electron chi connectivity index (χ3n) is 3.06. The minimum Gasteiger partial charge on any atom is -0.477 e. The number of nitrogens with zero attached hydrogens (tertiary/aromatic N) is 2. The van der Waals surface area contributed by atoms with Crippen LogP contribution in [0.5, 0.6) is 0 Å². The Morgan fingerprint density at radius 3 is 2.50 bits per heavy atom. The van der Waals surface area contributed by atoms with E-state index in [1.165, 1.54) is 4.68 Å². The van der Waals surface area contributed by atoms with Crippen molar-refractivity contribution in [2.24, 2.45) is 7.05 Å². The van der Waals surface area contributed by atoms with Gasteiger partial charge < -0.3 is 10.4 Å². The van der Waals surface area contributed by atoms with E-state index in [1.54, 1.807) is 26.1 Å². The molecule has 0 aliphatic rings. The molecule has 0 spiro atoms. The summed E-state index contributed by atoms with van der Waals surface area (Å²) in [5, 5.41) is 15.8. The molecule has 0 aliphatic heterocycles. The first-order valence-corrected chi connectivity index (χ1v) is 6.05. The SMILES string of the molecule is Cc1ccccc1C(=O)Nc1c(C(=O)O)c(C)nn1C. The van der Waals surface area contributed by atoms with E-state index in [0.717, 1.165) is 5.56 Å². The zero-order valence-electron chi connectivity index (χ0n) is 11.5. The average Bonchev–Trinajstić information content (AvgIpc) is 2.64. The van der Waals surface area contributed by atoms with Crippen LogP contribution in [-0.4, -0.2) is 26.8 Å². The van der Waals surface area contributed by atoms with Gasteiger partial charge in [-0.3, -0.25) is 9.48 Å². The van der Waals surface area contributed by atoms with Gasteiger partial charge >= 0.3 is 5.97 Å². The number of carboxylic acid groups (broad SMARTS) is 1. The number of amides is 1. The van der Waals surface area contributed by atoms with E-state index in [-0.39, 0.29) is 17.3 Å². The van der Waals surface area contributed by atoms with Gasteiger partial charge in [0, 0.05) is 12.6 Å². The minimum atomic E-state index is -1.12. The third-order valence-corrected chi connectivity index (χ3v) is 3.06. The lowest BCUT2D eigenvalue weighted by Crippen LogP contribution is -2.17. The van der Waals surface area contributed by atoms with E-state index in [4.69, 9.17) is 0 Å². The van der Waals surface area contributed by atoms with Crippen LogP contribution in [0.4, 0.5) is 5.82 Å². The molecule has 0 fully saturated rings. The highest BCUT2D eigenvalue weighted by molar-refractivity contribution is 6.08. The van der Waals surface area contributed by atoms with E-state index in [2.05, 4.69) is 10.4 Å². The Labute approximate surface area is 116 Å². The molecule has 6 heteroatoms. The molecule has 6 nitrogen and oxygen atoms in total. The number of nitrogens with one attached hydrogen (secondary N) is 1. The largest absolute Gasteiger partial charge is 0.477 e. The molecule has 0 saturated carbocycles. The summed E-state index contributed by atoms with van der Waals surface area (Å²) in [6, 6.07) is 7.10. The third kappa shape index (κ3) is 2.40. The number of rotatable bonds is 3. The zero-order valence-corrected chi connectivity index (χ0v) is 11.5. The van der Waals surface area contributed by atoms with Crippen LogP contribution in [0.2, 0.25) is 0 Å². The molecule has 104 valence electrons. The molecule has 2 rings (SSSR count). The summed E-state index contributed by atoms with van der Waals surface area (Å²) in [4.78, 5) is 23.5. The van der Waals surface area contributed by atoms with Crippen LogP contribution in [0.1, 0.15) is 32.0 Å². The summed E-state index contributed by atoms with van der Waals surface area (Å²) in [5.41, 5.74) is 1.69. The monoisotopic (exact) mass is 273 g/mol. The fraction of sp³-hybridized carbons (Fsp3) is 0.214. The van der Waals surface area contributed by atoms with Crippen LogP contribution in [0.25, 0.3) is 0 Å². The van der Waals surface area contributed by atoms with Gasteiger partial charge in [0.25, 0.3) is 5.91 Å². The van der Waals surface area contributed by atoms with Gasteiger partial charge in [-0.25, -0.2) is 4.79 Å². The van der Waals surface area contributed by atoms with E-state index < -0.39 is 5.97 Å². The molecule has 0 aliphatic carbocycles. The molecular weight excluding hydrogens is 258 g/mol. The van der Waals surface area contributed by atoms with Crippen molar-refractivity contribution >= 4 is 17.7 Å². The molecule has 2 N–H and O–H groups in total. The number of aryl methyl sites for hydroxylation is 3. The predicted molar refractivity (Wildman–Crippen MR) is 74.0 cm³/mol. The fourth-order valence-electron chi connectivity index (χ4n) is 2.06. The Hall–Kier alpha value is -2.63. The lowest BCUT2D eigenvalue weighted by Gasteiger charge is -2.08. The van der Waals surface area contributed by atoms with Crippen molar-refractivity contribution in [3.05, 3.63) is 46.6 Å². The van der Waals surface area contributed by atoms with Gasteiger partial charge in [-0.15, -0.1) is 0 Å². The van der Waals surface area contributed by atoms with Gasteiger partial charge in [0.1, 0.15) is 11.4 Å². The second kappa shape index (κ2) is 5.16. The van der Waals surface area contributed by atoms with Crippen LogP contribution < -0.4 is 5.32 Å². The highest BCUT2D eigenvalue weighted by atomic mass is 16.4. The summed E-state index contributed by atoms with van der Waals surface area (Å²) in [5.74, 6) is -1.28. The summed E-state index contributed by atoms with van der Waals surface area (Å²) in [7, 11) is 1.59. The molecule has 1 heterocycles. The number of aromatic nitrogens is 2. The van der Waals surface area contributed by atoms with Crippen molar-refractivity contribution in [3.8, 4) is 0 Å². The van der Waals surface area contributed by atoms with Crippen molar-refractivity contribution in [3.63, 3.8) is 0 Å². The Morgan fingerprint density at radius 2 is 1.90 bits per heavy atom. The summed E-state index contributed by atoms with van der Waals surface area (Å²) < 4.78 is 1.36. The van der Waals surface area contributed by atoms with Gasteiger partial charge in [-0.2, -0.15) is 5.10 Å². The highest BCUT2D eigenvalue weighted by Crippen LogP contribution is 2.20. The maximum absolute atomic E-state index is 12.2. The molecule has 1 amide bonds. The van der Waals surface area contributed by atoms with E-state index in [9.17, 15) is 14.7 Å². The van der Waals surface area contributed by atoms with Crippen LogP contribution in [0.3, 0.4) is 0 Å². The lowest BCUT2D eigenvalue weighted by atomic mass is 10.1. The Balaban J connectivity index is 2.38.